The summed E-state index contributed by atoms with van der Waals surface area (Å²) in [5, 5.41) is 1.50. The number of hydrogen-bond donors (Lipinski definition) is 1. The number of H-pyrrole nitrogens is 1. The molecule has 2 amide bonds. The zero-order valence-electron chi connectivity index (χ0n) is 11.0. The van der Waals surface area contributed by atoms with Gasteiger partial charge in [0.2, 0.25) is 0 Å². The summed E-state index contributed by atoms with van der Waals surface area (Å²) in [6.45, 7) is 0. The fraction of sp³-hybridized carbons (Fsp3) is 0.133. The maximum absolute atomic E-state index is 11.7. The van der Waals surface area contributed by atoms with Crippen LogP contribution in [0, 0.1) is 0 Å². The molecular weight excluding hydrogens is 272 g/mol. The molecule has 2 heterocycles. The first-order valence-electron chi connectivity index (χ1n) is 6.47. The number of para-hydroxylation sites is 1. The fourth-order valence-electron chi connectivity index (χ4n) is 2.17. The normalized spacial score (nSPS) is 15.3. The average molecular weight is 284 g/mol. The fourth-order valence-corrected chi connectivity index (χ4v) is 2.17. The van der Waals surface area contributed by atoms with Crippen LogP contribution in [-0.2, 0) is 19.2 Å². The van der Waals surface area contributed by atoms with Gasteiger partial charge in [-0.15, -0.1) is 5.06 Å². The molecule has 1 saturated heterocycles. The number of benzene rings is 1. The van der Waals surface area contributed by atoms with Crippen molar-refractivity contribution in [1.82, 2.24) is 10.0 Å². The van der Waals surface area contributed by atoms with Gasteiger partial charge in [-0.25, -0.2) is 4.79 Å². The summed E-state index contributed by atoms with van der Waals surface area (Å²) in [5.74, 6) is -1.74. The molecule has 3 rings (SSSR count). The summed E-state index contributed by atoms with van der Waals surface area (Å²) in [5.41, 5.74) is 1.78. The second kappa shape index (κ2) is 5.24. The number of imide groups is 1. The molecule has 21 heavy (non-hydrogen) atoms. The number of rotatable bonds is 3. The molecule has 1 aliphatic rings. The molecule has 0 spiro atoms. The van der Waals surface area contributed by atoms with Crippen LogP contribution in [0.15, 0.2) is 36.5 Å². The van der Waals surface area contributed by atoms with Gasteiger partial charge in [0.05, 0.1) is 0 Å². The first-order chi connectivity index (χ1) is 10.1. The van der Waals surface area contributed by atoms with E-state index in [1.165, 1.54) is 6.08 Å². The second-order valence-corrected chi connectivity index (χ2v) is 4.62. The van der Waals surface area contributed by atoms with Gasteiger partial charge in [0.15, 0.2) is 0 Å². The van der Waals surface area contributed by atoms with Crippen LogP contribution in [0.2, 0.25) is 0 Å². The maximum atomic E-state index is 11.7. The van der Waals surface area contributed by atoms with E-state index in [4.69, 9.17) is 4.84 Å². The molecule has 1 fully saturated rings. The van der Waals surface area contributed by atoms with Crippen molar-refractivity contribution in [2.24, 2.45) is 0 Å². The van der Waals surface area contributed by atoms with E-state index in [1.54, 1.807) is 12.3 Å². The van der Waals surface area contributed by atoms with Crippen molar-refractivity contribution in [3.05, 3.63) is 42.1 Å². The third-order valence-corrected chi connectivity index (χ3v) is 3.21. The molecule has 106 valence electrons. The quantitative estimate of drug-likeness (QED) is 0.688. The zero-order chi connectivity index (χ0) is 14.8. The molecule has 0 unspecified atom stereocenters. The Bertz CT molecular complexity index is 744. The minimum absolute atomic E-state index is 0.0816. The van der Waals surface area contributed by atoms with E-state index in [1.807, 2.05) is 24.3 Å². The molecule has 0 atom stereocenters. The first-order valence-corrected chi connectivity index (χ1v) is 6.47. The van der Waals surface area contributed by atoms with Gasteiger partial charge in [0.25, 0.3) is 11.8 Å². The Labute approximate surface area is 119 Å². The lowest BCUT2D eigenvalue weighted by Gasteiger charge is -2.10. The van der Waals surface area contributed by atoms with Gasteiger partial charge in [0, 0.05) is 41.6 Å². The molecule has 1 N–H and O–H groups in total. The molecule has 1 aliphatic heterocycles. The van der Waals surface area contributed by atoms with Gasteiger partial charge < -0.3 is 9.82 Å². The second-order valence-electron chi connectivity index (χ2n) is 4.62. The number of nitrogens with zero attached hydrogens (tertiary/aromatic N) is 1. The lowest BCUT2D eigenvalue weighted by molar-refractivity contribution is -0.193. The van der Waals surface area contributed by atoms with Crippen LogP contribution in [0.5, 0.6) is 0 Å². The lowest BCUT2D eigenvalue weighted by Crippen LogP contribution is -2.31. The number of fused-ring (bicyclic) bond motifs is 1. The van der Waals surface area contributed by atoms with Crippen LogP contribution >= 0.6 is 0 Å². The first kappa shape index (κ1) is 13.1. The van der Waals surface area contributed by atoms with Crippen molar-refractivity contribution in [2.45, 2.75) is 12.8 Å². The van der Waals surface area contributed by atoms with Gasteiger partial charge in [-0.05, 0) is 12.1 Å². The molecule has 6 nitrogen and oxygen atoms in total. The third kappa shape index (κ3) is 2.55. The van der Waals surface area contributed by atoms with Crippen molar-refractivity contribution in [3.63, 3.8) is 0 Å². The van der Waals surface area contributed by atoms with Gasteiger partial charge >= 0.3 is 5.97 Å². The van der Waals surface area contributed by atoms with Crippen molar-refractivity contribution >= 4 is 34.8 Å². The summed E-state index contributed by atoms with van der Waals surface area (Å²) in [4.78, 5) is 42.1. The number of aromatic amines is 1. The number of hydrogen-bond acceptors (Lipinski definition) is 4. The van der Waals surface area contributed by atoms with Crippen molar-refractivity contribution in [2.75, 3.05) is 0 Å². The molecule has 2 aromatic rings. The van der Waals surface area contributed by atoms with E-state index in [-0.39, 0.29) is 12.8 Å². The van der Waals surface area contributed by atoms with Gasteiger partial charge in [-0.2, -0.15) is 0 Å². The number of carbonyl (C=O) groups excluding carboxylic acids is 3. The molecular formula is C15H12N2O4. The van der Waals surface area contributed by atoms with E-state index < -0.39 is 17.8 Å². The summed E-state index contributed by atoms with van der Waals surface area (Å²) >= 11 is 0. The highest BCUT2D eigenvalue weighted by atomic mass is 16.7. The number of hydroxylamine groups is 2. The minimum atomic E-state index is -0.760. The lowest BCUT2D eigenvalue weighted by atomic mass is 10.1. The van der Waals surface area contributed by atoms with Crippen LogP contribution in [0.25, 0.3) is 17.0 Å². The van der Waals surface area contributed by atoms with E-state index in [2.05, 4.69) is 4.98 Å². The highest BCUT2D eigenvalue weighted by Gasteiger charge is 2.32. The number of nitrogens with one attached hydrogen (secondary N) is 1. The molecule has 0 aliphatic carbocycles. The maximum Gasteiger partial charge on any atom is 0.356 e. The van der Waals surface area contributed by atoms with Crippen LogP contribution in [0.3, 0.4) is 0 Å². The number of carbonyl (C=O) groups is 3. The van der Waals surface area contributed by atoms with Crippen molar-refractivity contribution < 1.29 is 19.2 Å². The van der Waals surface area contributed by atoms with Gasteiger partial charge in [-0.1, -0.05) is 18.2 Å². The Kier molecular flexibility index (Phi) is 3.27. The van der Waals surface area contributed by atoms with Crippen molar-refractivity contribution in [1.29, 1.82) is 0 Å². The van der Waals surface area contributed by atoms with E-state index in [9.17, 15) is 14.4 Å². The molecule has 0 radical (unpaired) electrons. The van der Waals surface area contributed by atoms with E-state index in [0.29, 0.717) is 5.06 Å². The zero-order valence-corrected chi connectivity index (χ0v) is 11.0. The Morgan fingerprint density at radius 2 is 1.90 bits per heavy atom. The molecule has 0 saturated carbocycles. The Morgan fingerprint density at radius 3 is 2.67 bits per heavy atom. The minimum Gasteiger partial charge on any atom is -0.361 e. The molecule has 0 bridgehead atoms. The molecule has 1 aromatic heterocycles. The van der Waals surface area contributed by atoms with Gasteiger partial charge in [-0.3, -0.25) is 9.59 Å². The van der Waals surface area contributed by atoms with E-state index in [0.717, 1.165) is 16.5 Å². The molecule has 6 heteroatoms. The largest absolute Gasteiger partial charge is 0.361 e. The summed E-state index contributed by atoms with van der Waals surface area (Å²) in [7, 11) is 0. The van der Waals surface area contributed by atoms with Crippen LogP contribution in [-0.4, -0.2) is 27.8 Å². The van der Waals surface area contributed by atoms with Crippen LogP contribution < -0.4 is 0 Å². The Balaban J connectivity index is 1.72. The standard InChI is InChI=1S/C15H12N2O4/c18-13-6-7-14(19)17(13)21-15(20)8-5-10-9-16-12-4-2-1-3-11(10)12/h1-5,8-9,16H,6-7H2. The van der Waals surface area contributed by atoms with Crippen LogP contribution in [0.1, 0.15) is 18.4 Å². The highest BCUT2D eigenvalue weighted by molar-refractivity contribution is 6.02. The Morgan fingerprint density at radius 1 is 1.19 bits per heavy atom. The van der Waals surface area contributed by atoms with E-state index >= 15 is 0 Å². The van der Waals surface area contributed by atoms with Crippen molar-refractivity contribution in [3.8, 4) is 0 Å². The smallest absolute Gasteiger partial charge is 0.356 e. The summed E-state index contributed by atoms with van der Waals surface area (Å²) in [6, 6.07) is 7.65. The van der Waals surface area contributed by atoms with Gasteiger partial charge in [0.1, 0.15) is 0 Å². The highest BCUT2D eigenvalue weighted by Crippen LogP contribution is 2.19. The third-order valence-electron chi connectivity index (χ3n) is 3.21. The summed E-state index contributed by atoms with van der Waals surface area (Å²) < 4.78 is 0. The Hall–Kier alpha value is -2.89. The monoisotopic (exact) mass is 284 g/mol. The van der Waals surface area contributed by atoms with Crippen LogP contribution in [0.4, 0.5) is 0 Å². The molecule has 1 aromatic carbocycles. The average Bonchev–Trinajstić information content (AvgIpc) is 3.03. The predicted molar refractivity (Wildman–Crippen MR) is 74.5 cm³/mol. The predicted octanol–water partition coefficient (Wildman–Crippen LogP) is 1.79. The SMILES string of the molecule is O=C(C=Cc1c[nH]c2ccccc12)ON1C(=O)CCC1=O. The number of aromatic nitrogens is 1. The number of amides is 2. The summed E-state index contributed by atoms with van der Waals surface area (Å²) in [6.07, 6.45) is 4.69. The topological polar surface area (TPSA) is 79.5 Å².